The van der Waals surface area contributed by atoms with Gasteiger partial charge in [-0.1, -0.05) is 59.3 Å². The van der Waals surface area contributed by atoms with Crippen LogP contribution >= 0.6 is 15.9 Å². The lowest BCUT2D eigenvalue weighted by Crippen LogP contribution is -2.42. The van der Waals surface area contributed by atoms with Crippen LogP contribution in [0.1, 0.15) is 31.7 Å². The molecule has 0 spiro atoms. The van der Waals surface area contributed by atoms with E-state index in [9.17, 15) is 9.59 Å². The number of halogens is 1. The molecule has 1 N–H and O–H groups in total. The average molecular weight is 472 g/mol. The maximum atomic E-state index is 13.0. The first-order valence-corrected chi connectivity index (χ1v) is 11.4. The van der Waals surface area contributed by atoms with Crippen LogP contribution < -0.4 is 5.32 Å². The summed E-state index contributed by atoms with van der Waals surface area (Å²) in [6.07, 6.45) is 3.23. The molecule has 0 atom stereocenters. The summed E-state index contributed by atoms with van der Waals surface area (Å²) in [5.41, 5.74) is 1.91. The predicted molar refractivity (Wildman–Crippen MR) is 124 cm³/mol. The molecule has 30 heavy (non-hydrogen) atoms. The number of amides is 3. The minimum absolute atomic E-state index is 0.141. The van der Waals surface area contributed by atoms with E-state index in [1.54, 1.807) is 4.90 Å². The average Bonchev–Trinajstić information content (AvgIpc) is 2.74. The first-order chi connectivity index (χ1) is 14.5. The van der Waals surface area contributed by atoms with E-state index < -0.39 is 0 Å². The highest BCUT2D eigenvalue weighted by molar-refractivity contribution is 9.10. The number of benzene rings is 2. The summed E-state index contributed by atoms with van der Waals surface area (Å²) in [4.78, 5) is 29.3. The fraction of sp³-hybridized carbons (Fsp3) is 0.417. The van der Waals surface area contributed by atoms with Crippen molar-refractivity contribution in [3.63, 3.8) is 0 Å². The number of carbonyl (C=O) groups excluding carboxylic acids is 2. The Morgan fingerprint density at radius 1 is 1.07 bits per heavy atom. The smallest absolute Gasteiger partial charge is 0.321 e. The zero-order valence-electron chi connectivity index (χ0n) is 17.5. The molecule has 3 amide bonds. The van der Waals surface area contributed by atoms with Gasteiger partial charge >= 0.3 is 6.03 Å². The van der Waals surface area contributed by atoms with Gasteiger partial charge in [-0.2, -0.15) is 0 Å². The summed E-state index contributed by atoms with van der Waals surface area (Å²) >= 11 is 3.43. The highest BCUT2D eigenvalue weighted by Crippen LogP contribution is 2.18. The van der Waals surface area contributed by atoms with E-state index in [1.807, 2.05) is 47.4 Å². The van der Waals surface area contributed by atoms with Gasteiger partial charge in [-0.3, -0.25) is 4.79 Å². The zero-order chi connectivity index (χ0) is 21.3. The van der Waals surface area contributed by atoms with Crippen LogP contribution in [0.5, 0.6) is 0 Å². The van der Waals surface area contributed by atoms with Crippen LogP contribution in [0.3, 0.4) is 0 Å². The molecule has 1 fully saturated rings. The monoisotopic (exact) mass is 471 g/mol. The Hall–Kier alpha value is -2.34. The highest BCUT2D eigenvalue weighted by Gasteiger charge is 2.22. The van der Waals surface area contributed by atoms with Crippen LogP contribution in [0.4, 0.5) is 10.5 Å². The Bertz CT molecular complexity index is 835. The summed E-state index contributed by atoms with van der Waals surface area (Å²) in [6, 6.07) is 17.5. The van der Waals surface area contributed by atoms with Gasteiger partial charge in [-0.25, -0.2) is 4.79 Å². The number of likely N-dealkylation sites (tertiary alicyclic amines) is 1. The molecule has 0 saturated carbocycles. The molecule has 0 aromatic heterocycles. The fourth-order valence-electron chi connectivity index (χ4n) is 3.64. The number of urea groups is 1. The minimum Gasteiger partial charge on any atom is -0.343 e. The van der Waals surface area contributed by atoms with Crippen LogP contribution in [0, 0.1) is 5.92 Å². The van der Waals surface area contributed by atoms with E-state index >= 15 is 0 Å². The number of piperidine rings is 1. The van der Waals surface area contributed by atoms with Crippen molar-refractivity contribution in [2.75, 3.05) is 31.5 Å². The molecule has 2 aromatic carbocycles. The number of carbonyl (C=O) groups is 2. The van der Waals surface area contributed by atoms with Crippen LogP contribution in [0.25, 0.3) is 0 Å². The topological polar surface area (TPSA) is 52.7 Å². The van der Waals surface area contributed by atoms with Crippen molar-refractivity contribution in [1.29, 1.82) is 0 Å². The lowest BCUT2D eigenvalue weighted by molar-refractivity contribution is -0.132. The van der Waals surface area contributed by atoms with Crippen LogP contribution in [-0.2, 0) is 11.2 Å². The summed E-state index contributed by atoms with van der Waals surface area (Å²) in [7, 11) is 0. The Kier molecular flexibility index (Phi) is 8.31. The summed E-state index contributed by atoms with van der Waals surface area (Å²) in [6.45, 7) is 4.87. The lowest BCUT2D eigenvalue weighted by Gasteiger charge is -2.31. The number of rotatable bonds is 7. The number of hydrogen-bond donors (Lipinski definition) is 1. The first kappa shape index (κ1) is 22.3. The van der Waals surface area contributed by atoms with Crippen LogP contribution in [0.2, 0.25) is 0 Å². The lowest BCUT2D eigenvalue weighted by atomic mass is 9.99. The second-order valence-electron chi connectivity index (χ2n) is 7.98. The number of nitrogens with one attached hydrogen (secondary N) is 1. The molecule has 1 saturated heterocycles. The largest absolute Gasteiger partial charge is 0.343 e. The first-order valence-electron chi connectivity index (χ1n) is 10.6. The van der Waals surface area contributed by atoms with Gasteiger partial charge in [-0.05, 0) is 48.9 Å². The van der Waals surface area contributed by atoms with Gasteiger partial charge < -0.3 is 15.1 Å². The van der Waals surface area contributed by atoms with Gasteiger partial charge in [0.25, 0.3) is 0 Å². The van der Waals surface area contributed by atoms with Crippen molar-refractivity contribution in [3.05, 3.63) is 64.6 Å². The third-order valence-electron chi connectivity index (χ3n) is 5.61. The van der Waals surface area contributed by atoms with Gasteiger partial charge in [0, 0.05) is 42.8 Å². The molecule has 1 heterocycles. The van der Waals surface area contributed by atoms with E-state index in [2.05, 4.69) is 40.3 Å². The van der Waals surface area contributed by atoms with Gasteiger partial charge in [-0.15, -0.1) is 0 Å². The van der Waals surface area contributed by atoms with Crippen molar-refractivity contribution in [1.82, 2.24) is 9.80 Å². The minimum atomic E-state index is -0.177. The summed E-state index contributed by atoms with van der Waals surface area (Å²) < 4.78 is 0.908. The van der Waals surface area contributed by atoms with E-state index in [1.165, 1.54) is 5.56 Å². The molecular weight excluding hydrogens is 442 g/mol. The van der Waals surface area contributed by atoms with Gasteiger partial charge in [0.2, 0.25) is 5.91 Å². The molecule has 6 heteroatoms. The molecule has 5 nitrogen and oxygen atoms in total. The molecule has 0 unspecified atom stereocenters. The van der Waals surface area contributed by atoms with Gasteiger partial charge in [0.15, 0.2) is 0 Å². The Morgan fingerprint density at radius 3 is 2.50 bits per heavy atom. The fourth-order valence-corrected chi connectivity index (χ4v) is 4.04. The Morgan fingerprint density at radius 2 is 1.80 bits per heavy atom. The molecular formula is C24H30BrN3O2. The van der Waals surface area contributed by atoms with E-state index in [0.29, 0.717) is 25.4 Å². The maximum absolute atomic E-state index is 13.0. The van der Waals surface area contributed by atoms with Crippen molar-refractivity contribution in [2.45, 2.75) is 32.6 Å². The van der Waals surface area contributed by atoms with Gasteiger partial charge in [0.05, 0.1) is 0 Å². The SMILES string of the molecule is CC1CCN(C(=O)CCN(CCc2ccccc2)C(=O)Nc2cccc(Br)c2)CC1. The van der Waals surface area contributed by atoms with Crippen molar-refractivity contribution < 1.29 is 9.59 Å². The van der Waals surface area contributed by atoms with E-state index in [4.69, 9.17) is 0 Å². The van der Waals surface area contributed by atoms with E-state index in [0.717, 1.165) is 42.5 Å². The predicted octanol–water partition coefficient (Wildman–Crippen LogP) is 5.17. The van der Waals surface area contributed by atoms with Crippen LogP contribution in [0.15, 0.2) is 59.1 Å². The third-order valence-corrected chi connectivity index (χ3v) is 6.10. The molecule has 1 aliphatic rings. The number of nitrogens with zero attached hydrogens (tertiary/aromatic N) is 2. The highest BCUT2D eigenvalue weighted by atomic mass is 79.9. The molecule has 1 aliphatic heterocycles. The molecule has 0 radical (unpaired) electrons. The van der Waals surface area contributed by atoms with Crippen LogP contribution in [-0.4, -0.2) is 47.9 Å². The molecule has 160 valence electrons. The Balaban J connectivity index is 1.60. The molecule has 3 rings (SSSR count). The molecule has 0 bridgehead atoms. The molecule has 0 aliphatic carbocycles. The summed E-state index contributed by atoms with van der Waals surface area (Å²) in [5, 5.41) is 2.96. The Labute approximate surface area is 187 Å². The zero-order valence-corrected chi connectivity index (χ0v) is 19.1. The van der Waals surface area contributed by atoms with Crippen molar-refractivity contribution in [2.24, 2.45) is 5.92 Å². The second kappa shape index (κ2) is 11.2. The number of hydrogen-bond acceptors (Lipinski definition) is 2. The van der Waals surface area contributed by atoms with Gasteiger partial charge in [0.1, 0.15) is 0 Å². The number of anilines is 1. The van der Waals surface area contributed by atoms with Crippen molar-refractivity contribution >= 4 is 33.6 Å². The second-order valence-corrected chi connectivity index (χ2v) is 8.89. The normalized spacial score (nSPS) is 14.4. The third kappa shape index (κ3) is 6.87. The quantitative estimate of drug-likeness (QED) is 0.604. The maximum Gasteiger partial charge on any atom is 0.321 e. The summed E-state index contributed by atoms with van der Waals surface area (Å²) in [5.74, 6) is 0.828. The standard InChI is InChI=1S/C24H30BrN3O2/c1-19-10-14-27(15-11-19)23(29)13-17-28(16-12-20-6-3-2-4-7-20)24(30)26-22-9-5-8-21(25)18-22/h2-9,18-19H,10-17H2,1H3,(H,26,30). The van der Waals surface area contributed by atoms with E-state index in [-0.39, 0.29) is 11.9 Å². The molecule has 2 aromatic rings. The van der Waals surface area contributed by atoms with Crippen molar-refractivity contribution in [3.8, 4) is 0 Å².